The highest BCUT2D eigenvalue weighted by Gasteiger charge is 2.36. The van der Waals surface area contributed by atoms with Crippen LogP contribution in [0.3, 0.4) is 0 Å². The summed E-state index contributed by atoms with van der Waals surface area (Å²) in [5, 5.41) is 0. The van der Waals surface area contributed by atoms with Crippen LogP contribution in [0, 0.1) is 11.6 Å². The molecule has 3 rings (SSSR count). The summed E-state index contributed by atoms with van der Waals surface area (Å²) in [5.41, 5.74) is -0.152. The van der Waals surface area contributed by atoms with E-state index < -0.39 is 17.4 Å². The molecular weight excluding hydrogens is 350 g/mol. The first-order valence-corrected chi connectivity index (χ1v) is 9.90. The number of hydrogen-bond donors (Lipinski definition) is 0. The van der Waals surface area contributed by atoms with Crippen LogP contribution in [0.4, 0.5) is 8.78 Å². The number of halogens is 2. The second-order valence-electron chi connectivity index (χ2n) is 7.91. The predicted molar refractivity (Wildman–Crippen MR) is 99.5 cm³/mol. The third kappa shape index (κ3) is 4.54. The van der Waals surface area contributed by atoms with Crippen molar-refractivity contribution < 1.29 is 18.4 Å². The van der Waals surface area contributed by atoms with Gasteiger partial charge in [0.15, 0.2) is 5.78 Å². The van der Waals surface area contributed by atoms with Gasteiger partial charge in [-0.05, 0) is 51.7 Å². The van der Waals surface area contributed by atoms with Crippen molar-refractivity contribution in [1.29, 1.82) is 0 Å². The molecule has 0 radical (unpaired) electrons. The normalized spacial score (nSPS) is 26.4. The number of ketones is 1. The number of carbonyl (C=O) groups excluding carboxylic acids is 2. The van der Waals surface area contributed by atoms with E-state index in [9.17, 15) is 18.4 Å². The molecule has 0 N–H and O–H groups in total. The van der Waals surface area contributed by atoms with Gasteiger partial charge in [-0.15, -0.1) is 0 Å². The second kappa shape index (κ2) is 8.46. The Morgan fingerprint density at radius 3 is 2.44 bits per heavy atom. The van der Waals surface area contributed by atoms with Crippen molar-refractivity contribution in [2.24, 2.45) is 0 Å². The topological polar surface area (TPSA) is 40.6 Å². The lowest BCUT2D eigenvalue weighted by Gasteiger charge is -2.41. The molecule has 0 aromatic heterocycles. The van der Waals surface area contributed by atoms with E-state index >= 15 is 0 Å². The molecule has 148 valence electrons. The van der Waals surface area contributed by atoms with Crippen LogP contribution in [0.25, 0.3) is 0 Å². The molecule has 6 heteroatoms. The molecule has 0 bridgehead atoms. The van der Waals surface area contributed by atoms with Gasteiger partial charge in [0.2, 0.25) is 5.91 Å². The van der Waals surface area contributed by atoms with Gasteiger partial charge in [0.1, 0.15) is 11.6 Å². The van der Waals surface area contributed by atoms with Crippen molar-refractivity contribution in [3.63, 3.8) is 0 Å². The van der Waals surface area contributed by atoms with Crippen molar-refractivity contribution in [2.75, 3.05) is 13.1 Å². The lowest BCUT2D eigenvalue weighted by atomic mass is 10.0. The molecule has 3 atom stereocenters. The highest BCUT2D eigenvalue weighted by molar-refractivity contribution is 5.98. The summed E-state index contributed by atoms with van der Waals surface area (Å²) in [4.78, 5) is 29.2. The monoisotopic (exact) mass is 378 g/mol. The van der Waals surface area contributed by atoms with Gasteiger partial charge in [0.05, 0.1) is 5.56 Å². The quantitative estimate of drug-likeness (QED) is 0.732. The maximum atomic E-state index is 13.7. The number of carbonyl (C=O) groups is 2. The molecule has 2 heterocycles. The molecule has 0 unspecified atom stereocenters. The van der Waals surface area contributed by atoms with Gasteiger partial charge >= 0.3 is 0 Å². The molecule has 2 fully saturated rings. The number of amides is 1. The highest BCUT2D eigenvalue weighted by Crippen LogP contribution is 2.30. The van der Waals surface area contributed by atoms with E-state index in [1.54, 1.807) is 0 Å². The SMILES string of the molecule is C[C@@H]1CC[C@@H](C)N1[C@@H]1CCCN(C(=O)CCC(=O)c2ccc(F)cc2F)C1. The number of benzene rings is 1. The number of Topliss-reactive ketones (excluding diaryl/α,β-unsaturated/α-hetero) is 1. The van der Waals surface area contributed by atoms with E-state index in [1.165, 1.54) is 12.8 Å². The molecule has 0 aliphatic carbocycles. The summed E-state index contributed by atoms with van der Waals surface area (Å²) < 4.78 is 26.7. The van der Waals surface area contributed by atoms with Crippen molar-refractivity contribution in [3.8, 4) is 0 Å². The zero-order valence-electron chi connectivity index (χ0n) is 16.1. The second-order valence-corrected chi connectivity index (χ2v) is 7.91. The Kier molecular flexibility index (Phi) is 6.25. The molecule has 1 aromatic carbocycles. The third-order valence-electron chi connectivity index (χ3n) is 5.99. The van der Waals surface area contributed by atoms with Crippen molar-refractivity contribution in [3.05, 3.63) is 35.4 Å². The lowest BCUT2D eigenvalue weighted by molar-refractivity contribution is -0.133. The van der Waals surface area contributed by atoms with Gasteiger partial charge in [0.25, 0.3) is 0 Å². The van der Waals surface area contributed by atoms with Gasteiger partial charge in [-0.2, -0.15) is 0 Å². The van der Waals surface area contributed by atoms with E-state index in [2.05, 4.69) is 18.7 Å². The fraction of sp³-hybridized carbons (Fsp3) is 0.619. The molecule has 0 spiro atoms. The summed E-state index contributed by atoms with van der Waals surface area (Å²) in [6.45, 7) is 5.91. The minimum absolute atomic E-state index is 0.0565. The average molecular weight is 378 g/mol. The summed E-state index contributed by atoms with van der Waals surface area (Å²) in [5.74, 6) is -2.11. The van der Waals surface area contributed by atoms with Crippen LogP contribution in [-0.2, 0) is 4.79 Å². The molecule has 4 nitrogen and oxygen atoms in total. The molecule has 27 heavy (non-hydrogen) atoms. The molecule has 2 aliphatic rings. The number of rotatable bonds is 5. The molecule has 1 aromatic rings. The average Bonchev–Trinajstić information content (AvgIpc) is 2.98. The first kappa shape index (κ1) is 19.9. The fourth-order valence-corrected chi connectivity index (χ4v) is 4.59. The van der Waals surface area contributed by atoms with E-state index in [4.69, 9.17) is 0 Å². The zero-order chi connectivity index (χ0) is 19.6. The smallest absolute Gasteiger partial charge is 0.223 e. The van der Waals surface area contributed by atoms with Crippen molar-refractivity contribution in [2.45, 2.75) is 70.5 Å². The van der Waals surface area contributed by atoms with Crippen molar-refractivity contribution >= 4 is 11.7 Å². The van der Waals surface area contributed by atoms with Crippen LogP contribution in [0.1, 0.15) is 62.7 Å². The molecular formula is C21H28F2N2O2. The van der Waals surface area contributed by atoms with Crippen LogP contribution in [0.5, 0.6) is 0 Å². The molecule has 2 aliphatic heterocycles. The highest BCUT2D eigenvalue weighted by atomic mass is 19.1. The Morgan fingerprint density at radius 2 is 1.78 bits per heavy atom. The number of nitrogens with zero attached hydrogens (tertiary/aromatic N) is 2. The van der Waals surface area contributed by atoms with Gasteiger partial charge in [0, 0.05) is 50.1 Å². The van der Waals surface area contributed by atoms with Gasteiger partial charge in [-0.1, -0.05) is 0 Å². The van der Waals surface area contributed by atoms with Crippen LogP contribution >= 0.6 is 0 Å². The minimum atomic E-state index is -0.873. The van der Waals surface area contributed by atoms with E-state index in [0.717, 1.165) is 25.0 Å². The maximum absolute atomic E-state index is 13.7. The fourth-order valence-electron chi connectivity index (χ4n) is 4.59. The standard InChI is InChI=1S/C21H28F2N2O2/c1-14-5-6-15(2)25(14)17-4-3-11-24(13-17)21(27)10-9-20(26)18-8-7-16(22)12-19(18)23/h7-8,12,14-15,17H,3-6,9-11,13H2,1-2H3/t14-,15-,17-/m1/s1. The summed E-state index contributed by atoms with van der Waals surface area (Å²) in [6.07, 6.45) is 4.46. The van der Waals surface area contributed by atoms with Gasteiger partial charge < -0.3 is 4.90 Å². The van der Waals surface area contributed by atoms with Crippen LogP contribution in [0.15, 0.2) is 18.2 Å². The van der Waals surface area contributed by atoms with Gasteiger partial charge in [-0.25, -0.2) is 8.78 Å². The Hall–Kier alpha value is -1.82. The minimum Gasteiger partial charge on any atom is -0.341 e. The third-order valence-corrected chi connectivity index (χ3v) is 5.99. The largest absolute Gasteiger partial charge is 0.341 e. The number of likely N-dealkylation sites (tertiary alicyclic amines) is 2. The van der Waals surface area contributed by atoms with E-state index in [-0.39, 0.29) is 24.3 Å². The zero-order valence-corrected chi connectivity index (χ0v) is 16.1. The Morgan fingerprint density at radius 1 is 1.07 bits per heavy atom. The van der Waals surface area contributed by atoms with Crippen LogP contribution < -0.4 is 0 Å². The Balaban J connectivity index is 1.55. The Bertz CT molecular complexity index is 699. The molecule has 1 amide bonds. The Labute approximate surface area is 159 Å². The van der Waals surface area contributed by atoms with Crippen LogP contribution in [0.2, 0.25) is 0 Å². The number of piperidine rings is 1. The van der Waals surface area contributed by atoms with Crippen molar-refractivity contribution in [1.82, 2.24) is 9.80 Å². The lowest BCUT2D eigenvalue weighted by Crippen LogP contribution is -2.52. The summed E-state index contributed by atoms with van der Waals surface area (Å²) in [6, 6.07) is 4.37. The number of hydrogen-bond acceptors (Lipinski definition) is 3. The molecule has 2 saturated heterocycles. The maximum Gasteiger partial charge on any atom is 0.223 e. The first-order valence-electron chi connectivity index (χ1n) is 9.90. The van der Waals surface area contributed by atoms with E-state index in [0.29, 0.717) is 37.3 Å². The first-order chi connectivity index (χ1) is 12.9. The van der Waals surface area contributed by atoms with Crippen LogP contribution in [-0.4, -0.2) is 52.7 Å². The van der Waals surface area contributed by atoms with E-state index in [1.807, 2.05) is 4.90 Å². The molecule has 0 saturated carbocycles. The predicted octanol–water partition coefficient (Wildman–Crippen LogP) is 3.79. The van der Waals surface area contributed by atoms with Gasteiger partial charge in [-0.3, -0.25) is 14.5 Å². The summed E-state index contributed by atoms with van der Waals surface area (Å²) >= 11 is 0. The summed E-state index contributed by atoms with van der Waals surface area (Å²) in [7, 11) is 0.